The molecule has 2 aromatic carbocycles. The standard InChI is InChI=1S/C24H29FN4O/c1-15-20(16(2)25)6-5-7-21(15)17(3)26-24-22-14-19(29-10-12-30-13-11-29)8-9-23(22)27-18(4)28-24/h5-9,14,16-17H,10-13H2,1-4H3,(H,26,27,28). The van der Waals surface area contributed by atoms with Crippen LogP contribution in [-0.2, 0) is 4.74 Å². The minimum Gasteiger partial charge on any atom is -0.378 e. The third-order valence-corrected chi connectivity index (χ3v) is 5.83. The number of alkyl halides is 1. The number of nitrogens with zero attached hydrogens (tertiary/aromatic N) is 3. The summed E-state index contributed by atoms with van der Waals surface area (Å²) in [5.74, 6) is 1.53. The van der Waals surface area contributed by atoms with Crippen molar-refractivity contribution < 1.29 is 9.13 Å². The second-order valence-electron chi connectivity index (χ2n) is 7.96. The summed E-state index contributed by atoms with van der Waals surface area (Å²) in [6.07, 6.45) is -0.990. The molecule has 1 saturated heterocycles. The highest BCUT2D eigenvalue weighted by Crippen LogP contribution is 2.31. The van der Waals surface area contributed by atoms with Crippen LogP contribution in [0, 0.1) is 13.8 Å². The van der Waals surface area contributed by atoms with Crippen LogP contribution in [-0.4, -0.2) is 36.3 Å². The maximum absolute atomic E-state index is 14.0. The Kier molecular flexibility index (Phi) is 5.86. The lowest BCUT2D eigenvalue weighted by Crippen LogP contribution is -2.36. The van der Waals surface area contributed by atoms with E-state index >= 15 is 0 Å². The molecule has 6 heteroatoms. The van der Waals surface area contributed by atoms with Crippen molar-refractivity contribution in [2.75, 3.05) is 36.5 Å². The van der Waals surface area contributed by atoms with Crippen LogP contribution in [0.1, 0.15) is 48.6 Å². The summed E-state index contributed by atoms with van der Waals surface area (Å²) in [5, 5.41) is 4.55. The smallest absolute Gasteiger partial charge is 0.138 e. The molecule has 0 saturated carbocycles. The van der Waals surface area contributed by atoms with Gasteiger partial charge in [-0.25, -0.2) is 14.4 Å². The first-order valence-electron chi connectivity index (χ1n) is 10.5. The van der Waals surface area contributed by atoms with E-state index in [0.29, 0.717) is 0 Å². The first-order chi connectivity index (χ1) is 14.4. The first-order valence-corrected chi connectivity index (χ1v) is 10.5. The summed E-state index contributed by atoms with van der Waals surface area (Å²) in [6.45, 7) is 10.8. The van der Waals surface area contributed by atoms with Crippen LogP contribution in [0.5, 0.6) is 0 Å². The number of anilines is 2. The zero-order valence-electron chi connectivity index (χ0n) is 18.1. The van der Waals surface area contributed by atoms with Gasteiger partial charge in [0.05, 0.1) is 24.8 Å². The van der Waals surface area contributed by atoms with Gasteiger partial charge in [-0.1, -0.05) is 18.2 Å². The van der Waals surface area contributed by atoms with Crippen molar-refractivity contribution in [3.8, 4) is 0 Å². The monoisotopic (exact) mass is 408 g/mol. The van der Waals surface area contributed by atoms with Crippen molar-refractivity contribution in [3.05, 3.63) is 58.9 Å². The van der Waals surface area contributed by atoms with E-state index < -0.39 is 6.17 Å². The molecule has 0 radical (unpaired) electrons. The van der Waals surface area contributed by atoms with Crippen LogP contribution in [0.15, 0.2) is 36.4 Å². The molecule has 30 heavy (non-hydrogen) atoms. The van der Waals surface area contributed by atoms with Crippen LogP contribution in [0.4, 0.5) is 15.9 Å². The van der Waals surface area contributed by atoms with Crippen molar-refractivity contribution in [2.24, 2.45) is 0 Å². The molecule has 0 aliphatic carbocycles. The molecule has 1 fully saturated rings. The minimum atomic E-state index is -0.990. The largest absolute Gasteiger partial charge is 0.378 e. The lowest BCUT2D eigenvalue weighted by Gasteiger charge is -2.29. The number of ether oxygens (including phenoxy) is 1. The SMILES string of the molecule is Cc1nc(NC(C)c2cccc(C(C)F)c2C)c2cc(N3CCOCC3)ccc2n1. The van der Waals surface area contributed by atoms with Gasteiger partial charge in [-0.2, -0.15) is 0 Å². The van der Waals surface area contributed by atoms with Crippen LogP contribution in [0.2, 0.25) is 0 Å². The highest BCUT2D eigenvalue weighted by molar-refractivity contribution is 5.92. The molecular formula is C24H29FN4O. The maximum atomic E-state index is 14.0. The Morgan fingerprint density at radius 1 is 1.03 bits per heavy atom. The highest BCUT2D eigenvalue weighted by atomic mass is 19.1. The quantitative estimate of drug-likeness (QED) is 0.622. The Balaban J connectivity index is 1.70. The van der Waals surface area contributed by atoms with Crippen LogP contribution in [0.25, 0.3) is 10.9 Å². The number of nitrogens with one attached hydrogen (secondary N) is 1. The van der Waals surface area contributed by atoms with Gasteiger partial charge in [0, 0.05) is 24.2 Å². The molecule has 1 aromatic heterocycles. The number of fused-ring (bicyclic) bond motifs is 1. The molecule has 1 aliphatic heterocycles. The second-order valence-corrected chi connectivity index (χ2v) is 7.96. The molecule has 1 aliphatic rings. The Bertz CT molecular complexity index is 1050. The minimum absolute atomic E-state index is 0.0201. The maximum Gasteiger partial charge on any atom is 0.138 e. The van der Waals surface area contributed by atoms with E-state index in [1.807, 2.05) is 32.0 Å². The van der Waals surface area contributed by atoms with Crippen LogP contribution >= 0.6 is 0 Å². The normalized spacial score (nSPS) is 16.5. The summed E-state index contributed by atoms with van der Waals surface area (Å²) in [7, 11) is 0. The number of rotatable bonds is 5. The predicted molar refractivity (Wildman–Crippen MR) is 120 cm³/mol. The molecule has 4 rings (SSSR count). The molecular weight excluding hydrogens is 379 g/mol. The fraction of sp³-hybridized carbons (Fsp3) is 0.417. The molecule has 1 N–H and O–H groups in total. The summed E-state index contributed by atoms with van der Waals surface area (Å²) < 4.78 is 19.5. The van der Waals surface area contributed by atoms with Gasteiger partial charge in [-0.15, -0.1) is 0 Å². The topological polar surface area (TPSA) is 50.3 Å². The predicted octanol–water partition coefficient (Wildman–Crippen LogP) is 5.29. The van der Waals surface area contributed by atoms with Crippen LogP contribution in [0.3, 0.4) is 0 Å². The molecule has 3 aromatic rings. The van der Waals surface area contributed by atoms with Gasteiger partial charge >= 0.3 is 0 Å². The van der Waals surface area contributed by atoms with Gasteiger partial charge in [0.2, 0.25) is 0 Å². The summed E-state index contributed by atoms with van der Waals surface area (Å²) >= 11 is 0. The van der Waals surface area contributed by atoms with Gasteiger partial charge in [0.1, 0.15) is 17.8 Å². The van der Waals surface area contributed by atoms with Gasteiger partial charge in [-0.3, -0.25) is 0 Å². The highest BCUT2D eigenvalue weighted by Gasteiger charge is 2.17. The average molecular weight is 409 g/mol. The van der Waals surface area contributed by atoms with E-state index in [1.54, 1.807) is 6.92 Å². The second kappa shape index (κ2) is 8.56. The van der Waals surface area contributed by atoms with E-state index in [9.17, 15) is 4.39 Å². The molecule has 2 atom stereocenters. The van der Waals surface area contributed by atoms with Gasteiger partial charge in [0.25, 0.3) is 0 Å². The van der Waals surface area contributed by atoms with Crippen LogP contribution < -0.4 is 10.2 Å². The number of morpholine rings is 1. The van der Waals surface area contributed by atoms with Crippen molar-refractivity contribution in [1.82, 2.24) is 9.97 Å². The Morgan fingerprint density at radius 2 is 1.77 bits per heavy atom. The third kappa shape index (κ3) is 4.10. The van der Waals surface area contributed by atoms with E-state index in [0.717, 1.165) is 71.2 Å². The lowest BCUT2D eigenvalue weighted by molar-refractivity contribution is 0.122. The zero-order chi connectivity index (χ0) is 21.3. The number of hydrogen-bond donors (Lipinski definition) is 1. The fourth-order valence-electron chi connectivity index (χ4n) is 4.22. The van der Waals surface area contributed by atoms with Crippen molar-refractivity contribution >= 4 is 22.4 Å². The molecule has 2 heterocycles. The Morgan fingerprint density at radius 3 is 2.50 bits per heavy atom. The number of halogens is 1. The lowest BCUT2D eigenvalue weighted by atomic mass is 9.95. The van der Waals surface area contributed by atoms with Crippen molar-refractivity contribution in [1.29, 1.82) is 0 Å². The summed E-state index contributed by atoms with van der Waals surface area (Å²) in [5.41, 5.74) is 4.86. The Labute approximate surface area is 177 Å². The Hall–Kier alpha value is -2.73. The molecule has 2 unspecified atom stereocenters. The number of hydrogen-bond acceptors (Lipinski definition) is 5. The molecule has 0 bridgehead atoms. The zero-order valence-corrected chi connectivity index (χ0v) is 18.1. The molecule has 0 amide bonds. The van der Waals surface area contributed by atoms with E-state index in [2.05, 4.69) is 40.3 Å². The number of aromatic nitrogens is 2. The van der Waals surface area contributed by atoms with Gasteiger partial charge in [0.15, 0.2) is 0 Å². The average Bonchev–Trinajstić information content (AvgIpc) is 2.74. The van der Waals surface area contributed by atoms with Gasteiger partial charge < -0.3 is 15.0 Å². The van der Waals surface area contributed by atoms with E-state index in [1.165, 1.54) is 0 Å². The summed E-state index contributed by atoms with van der Waals surface area (Å²) in [4.78, 5) is 11.6. The third-order valence-electron chi connectivity index (χ3n) is 5.83. The van der Waals surface area contributed by atoms with E-state index in [4.69, 9.17) is 9.72 Å². The van der Waals surface area contributed by atoms with Crippen molar-refractivity contribution in [2.45, 2.75) is 39.9 Å². The fourth-order valence-corrected chi connectivity index (χ4v) is 4.22. The molecule has 158 valence electrons. The first kappa shape index (κ1) is 20.5. The number of aryl methyl sites for hydroxylation is 1. The van der Waals surface area contributed by atoms with Gasteiger partial charge in [-0.05, 0) is 62.6 Å². The molecule has 0 spiro atoms. The number of benzene rings is 2. The molecule has 5 nitrogen and oxygen atoms in total. The van der Waals surface area contributed by atoms with E-state index in [-0.39, 0.29) is 6.04 Å². The van der Waals surface area contributed by atoms with Crippen molar-refractivity contribution in [3.63, 3.8) is 0 Å². The summed E-state index contributed by atoms with van der Waals surface area (Å²) in [6, 6.07) is 12.1.